The highest BCUT2D eigenvalue weighted by Crippen LogP contribution is 2.22. The Morgan fingerprint density at radius 1 is 1.22 bits per heavy atom. The number of benzene rings is 1. The van der Waals surface area contributed by atoms with Gasteiger partial charge in [-0.25, -0.2) is 17.2 Å². The molecule has 2 aromatic rings. The van der Waals surface area contributed by atoms with Crippen molar-refractivity contribution in [1.29, 1.82) is 0 Å². The van der Waals surface area contributed by atoms with Crippen molar-refractivity contribution in [3.8, 4) is 11.4 Å². The Morgan fingerprint density at radius 2 is 1.89 bits per heavy atom. The maximum Gasteiger partial charge on any atom is 0.296 e. The summed E-state index contributed by atoms with van der Waals surface area (Å²) < 4.78 is 49.2. The molecule has 0 spiro atoms. The van der Waals surface area contributed by atoms with Crippen molar-refractivity contribution in [3.63, 3.8) is 0 Å². The molecule has 1 heterocycles. The predicted octanol–water partition coefficient (Wildman–Crippen LogP) is 1.69. The van der Waals surface area contributed by atoms with E-state index in [-0.39, 0.29) is 11.4 Å². The van der Waals surface area contributed by atoms with Gasteiger partial charge in [0, 0.05) is 23.3 Å². The quantitative estimate of drug-likeness (QED) is 0.790. The van der Waals surface area contributed by atoms with Gasteiger partial charge < -0.3 is 0 Å². The molecule has 96 valence electrons. The first kappa shape index (κ1) is 12.9. The van der Waals surface area contributed by atoms with Crippen molar-refractivity contribution < 1.29 is 17.2 Å². The van der Waals surface area contributed by atoms with E-state index >= 15 is 0 Å². The zero-order valence-electron chi connectivity index (χ0n) is 8.93. The maximum atomic E-state index is 13.1. The van der Waals surface area contributed by atoms with E-state index in [0.717, 1.165) is 16.7 Å². The summed E-state index contributed by atoms with van der Waals surface area (Å²) in [5, 5.41) is 6.51. The molecule has 0 amide bonds. The molecule has 0 radical (unpaired) electrons. The van der Waals surface area contributed by atoms with Crippen molar-refractivity contribution in [2.24, 2.45) is 7.05 Å². The molecule has 18 heavy (non-hydrogen) atoms. The molecular weight excluding hydrogens is 288 g/mol. The van der Waals surface area contributed by atoms with Gasteiger partial charge in [0.15, 0.2) is 17.5 Å². The molecule has 2 rings (SSSR count). The van der Waals surface area contributed by atoms with Crippen LogP contribution in [-0.4, -0.2) is 23.2 Å². The maximum absolute atomic E-state index is 13.1. The van der Waals surface area contributed by atoms with Crippen LogP contribution >= 0.6 is 10.7 Å². The van der Waals surface area contributed by atoms with Crippen LogP contribution < -0.4 is 0 Å². The Labute approximate surface area is 105 Å². The lowest BCUT2D eigenvalue weighted by Crippen LogP contribution is -2.03. The van der Waals surface area contributed by atoms with Gasteiger partial charge in [0.1, 0.15) is 0 Å². The molecule has 0 fully saturated rings. The first-order valence-electron chi connectivity index (χ1n) is 4.60. The summed E-state index contributed by atoms with van der Waals surface area (Å²) in [5.41, 5.74) is 0.190. The standard InChI is InChI=1S/C9H6ClF2N3O2S/c1-15-8(13-14-9(15)18(10,16)17)5-2-3-6(11)7(12)4-5/h2-4H,1H3. The summed E-state index contributed by atoms with van der Waals surface area (Å²) in [4.78, 5) is 0. The molecule has 0 saturated carbocycles. The van der Waals surface area contributed by atoms with E-state index in [0.29, 0.717) is 0 Å². The molecule has 0 bridgehead atoms. The summed E-state index contributed by atoms with van der Waals surface area (Å²) in [6.07, 6.45) is 0. The largest absolute Gasteiger partial charge is 0.300 e. The normalized spacial score (nSPS) is 11.8. The van der Waals surface area contributed by atoms with E-state index in [1.807, 2.05) is 0 Å². The summed E-state index contributed by atoms with van der Waals surface area (Å²) in [6.45, 7) is 0. The molecule has 0 atom stereocenters. The second-order valence-corrected chi connectivity index (χ2v) is 5.89. The highest BCUT2D eigenvalue weighted by atomic mass is 35.7. The van der Waals surface area contributed by atoms with Crippen molar-refractivity contribution in [3.05, 3.63) is 29.8 Å². The Bertz CT molecular complexity index is 715. The lowest BCUT2D eigenvalue weighted by atomic mass is 10.2. The van der Waals surface area contributed by atoms with Gasteiger partial charge in [0.2, 0.25) is 0 Å². The molecule has 0 N–H and O–H groups in total. The Kier molecular flexibility index (Phi) is 3.07. The molecule has 0 unspecified atom stereocenters. The predicted molar refractivity (Wildman–Crippen MR) is 59.4 cm³/mol. The van der Waals surface area contributed by atoms with Gasteiger partial charge in [-0.2, -0.15) is 0 Å². The van der Waals surface area contributed by atoms with Crippen molar-refractivity contribution >= 4 is 19.7 Å². The van der Waals surface area contributed by atoms with Gasteiger partial charge in [-0.1, -0.05) is 0 Å². The Balaban J connectivity index is 2.59. The van der Waals surface area contributed by atoms with Crippen LogP contribution in [0.1, 0.15) is 0 Å². The van der Waals surface area contributed by atoms with Gasteiger partial charge in [-0.05, 0) is 18.2 Å². The van der Waals surface area contributed by atoms with Crippen LogP contribution in [0, 0.1) is 11.6 Å². The third-order valence-corrected chi connectivity index (χ3v) is 3.44. The van der Waals surface area contributed by atoms with Crippen LogP contribution in [0.25, 0.3) is 11.4 Å². The molecule has 0 aliphatic heterocycles. The average Bonchev–Trinajstić information content (AvgIpc) is 2.64. The zero-order chi connectivity index (χ0) is 13.5. The highest BCUT2D eigenvalue weighted by molar-refractivity contribution is 8.13. The fraction of sp³-hybridized carbons (Fsp3) is 0.111. The third kappa shape index (κ3) is 2.21. The third-order valence-electron chi connectivity index (χ3n) is 2.23. The smallest absolute Gasteiger partial charge is 0.296 e. The van der Waals surface area contributed by atoms with E-state index in [1.54, 1.807) is 0 Å². The number of aromatic nitrogens is 3. The van der Waals surface area contributed by atoms with Crippen LogP contribution in [0.4, 0.5) is 8.78 Å². The molecule has 1 aromatic carbocycles. The molecule has 0 aliphatic rings. The topological polar surface area (TPSA) is 64.8 Å². The van der Waals surface area contributed by atoms with Gasteiger partial charge in [0.05, 0.1) is 0 Å². The van der Waals surface area contributed by atoms with Crippen molar-refractivity contribution in [2.75, 3.05) is 0 Å². The van der Waals surface area contributed by atoms with Crippen molar-refractivity contribution in [1.82, 2.24) is 14.8 Å². The van der Waals surface area contributed by atoms with Crippen LogP contribution in [0.3, 0.4) is 0 Å². The Morgan fingerprint density at radius 3 is 2.39 bits per heavy atom. The number of hydrogen-bond acceptors (Lipinski definition) is 4. The molecule has 9 heteroatoms. The number of halogens is 3. The summed E-state index contributed by atoms with van der Waals surface area (Å²) in [6, 6.07) is 3.06. The molecule has 5 nitrogen and oxygen atoms in total. The minimum atomic E-state index is -4.05. The van der Waals surface area contributed by atoms with E-state index in [1.165, 1.54) is 13.1 Å². The van der Waals surface area contributed by atoms with E-state index in [9.17, 15) is 17.2 Å². The lowest BCUT2D eigenvalue weighted by molar-refractivity contribution is 0.509. The number of nitrogens with zero attached hydrogens (tertiary/aromatic N) is 3. The second-order valence-electron chi connectivity index (χ2n) is 3.43. The summed E-state index contributed by atoms with van der Waals surface area (Å²) in [7, 11) is 2.44. The SMILES string of the molecule is Cn1c(-c2ccc(F)c(F)c2)nnc1S(=O)(=O)Cl. The fourth-order valence-electron chi connectivity index (χ4n) is 1.41. The highest BCUT2D eigenvalue weighted by Gasteiger charge is 2.21. The monoisotopic (exact) mass is 293 g/mol. The average molecular weight is 294 g/mol. The zero-order valence-corrected chi connectivity index (χ0v) is 10.5. The van der Waals surface area contributed by atoms with Crippen LogP contribution in [0.15, 0.2) is 23.4 Å². The Hall–Kier alpha value is -1.54. The van der Waals surface area contributed by atoms with Gasteiger partial charge in [0.25, 0.3) is 14.2 Å². The van der Waals surface area contributed by atoms with Crippen LogP contribution in [0.2, 0.25) is 0 Å². The number of hydrogen-bond donors (Lipinski definition) is 0. The fourth-order valence-corrected chi connectivity index (χ4v) is 2.37. The van der Waals surface area contributed by atoms with Gasteiger partial charge in [-0.15, -0.1) is 10.2 Å². The van der Waals surface area contributed by atoms with Crippen LogP contribution in [-0.2, 0) is 16.1 Å². The molecule has 1 aromatic heterocycles. The van der Waals surface area contributed by atoms with Crippen LogP contribution in [0.5, 0.6) is 0 Å². The van der Waals surface area contributed by atoms with Gasteiger partial charge in [-0.3, -0.25) is 4.57 Å². The molecule has 0 saturated heterocycles. The minimum Gasteiger partial charge on any atom is -0.300 e. The second kappa shape index (κ2) is 4.29. The first-order valence-corrected chi connectivity index (χ1v) is 6.91. The minimum absolute atomic E-state index is 0.0631. The summed E-state index contributed by atoms with van der Waals surface area (Å²) >= 11 is 0. The van der Waals surface area contributed by atoms with E-state index < -0.39 is 25.8 Å². The number of rotatable bonds is 2. The van der Waals surface area contributed by atoms with Crippen molar-refractivity contribution in [2.45, 2.75) is 5.16 Å². The molecular formula is C9H6ClF2N3O2S. The summed E-state index contributed by atoms with van der Waals surface area (Å²) in [5.74, 6) is -2.01. The lowest BCUT2D eigenvalue weighted by Gasteiger charge is -2.02. The van der Waals surface area contributed by atoms with Gasteiger partial charge >= 0.3 is 0 Å². The van der Waals surface area contributed by atoms with E-state index in [2.05, 4.69) is 10.2 Å². The van der Waals surface area contributed by atoms with E-state index in [4.69, 9.17) is 10.7 Å². The molecule has 0 aliphatic carbocycles. The first-order chi connectivity index (χ1) is 8.30.